The Morgan fingerprint density at radius 1 is 1.28 bits per heavy atom. The molecule has 1 N–H and O–H groups in total. The number of hydrogen-bond acceptors (Lipinski definition) is 5. The van der Waals surface area contributed by atoms with Crippen LogP contribution in [0.5, 0.6) is 5.75 Å². The Kier molecular flexibility index (Phi) is 4.29. The number of halogens is 1. The van der Waals surface area contributed by atoms with E-state index < -0.39 is 22.6 Å². The van der Waals surface area contributed by atoms with Gasteiger partial charge in [-0.05, 0) is 30.3 Å². The number of hydrogen-bond donors (Lipinski definition) is 1. The van der Waals surface area contributed by atoms with Crippen LogP contribution in [0.1, 0.15) is 0 Å². The lowest BCUT2D eigenvalue weighted by Crippen LogP contribution is -2.43. The van der Waals surface area contributed by atoms with Gasteiger partial charge in [-0.15, -0.1) is 0 Å². The lowest BCUT2D eigenvalue weighted by atomic mass is 10.2. The van der Waals surface area contributed by atoms with Gasteiger partial charge < -0.3 is 10.1 Å². The summed E-state index contributed by atoms with van der Waals surface area (Å²) < 4.78 is 18.1. The number of non-ortho nitro benzene ring substituents is 1. The smallest absolute Gasteiger partial charge is 0.271 e. The van der Waals surface area contributed by atoms with Crippen molar-refractivity contribution >= 4 is 28.9 Å². The van der Waals surface area contributed by atoms with Gasteiger partial charge in [0.1, 0.15) is 18.1 Å². The minimum absolute atomic E-state index is 0.153. The largest absolute Gasteiger partial charge is 0.482 e. The van der Waals surface area contributed by atoms with Crippen LogP contribution in [0.25, 0.3) is 0 Å². The molecule has 1 aliphatic rings. The highest BCUT2D eigenvalue weighted by atomic mass is 19.1. The van der Waals surface area contributed by atoms with Crippen molar-refractivity contribution in [1.82, 2.24) is 0 Å². The number of benzene rings is 2. The van der Waals surface area contributed by atoms with E-state index in [9.17, 15) is 24.1 Å². The number of carbonyl (C=O) groups is 2. The second kappa shape index (κ2) is 6.56. The van der Waals surface area contributed by atoms with E-state index >= 15 is 0 Å². The lowest BCUT2D eigenvalue weighted by molar-refractivity contribution is -0.384. The number of nitro benzene ring substituents is 1. The van der Waals surface area contributed by atoms with E-state index in [1.54, 1.807) is 0 Å². The average molecular weight is 345 g/mol. The number of anilines is 2. The van der Waals surface area contributed by atoms with E-state index in [0.717, 1.165) is 4.90 Å². The summed E-state index contributed by atoms with van der Waals surface area (Å²) in [4.78, 5) is 35.7. The molecule has 8 nitrogen and oxygen atoms in total. The SMILES string of the molecule is O=C(CN1C(=O)COc2ccc([N+](=O)[O-])cc21)Nc1ccc(F)cc1. The van der Waals surface area contributed by atoms with Crippen molar-refractivity contribution < 1.29 is 23.6 Å². The molecule has 2 aromatic rings. The molecular weight excluding hydrogens is 333 g/mol. The number of ether oxygens (including phenoxy) is 1. The molecule has 0 bridgehead atoms. The van der Waals surface area contributed by atoms with Gasteiger partial charge in [-0.25, -0.2) is 4.39 Å². The highest BCUT2D eigenvalue weighted by Gasteiger charge is 2.29. The number of carbonyl (C=O) groups excluding carboxylic acids is 2. The zero-order valence-electron chi connectivity index (χ0n) is 12.8. The summed E-state index contributed by atoms with van der Waals surface area (Å²) in [6.07, 6.45) is 0. The van der Waals surface area contributed by atoms with Gasteiger partial charge in [0.05, 0.1) is 10.6 Å². The van der Waals surface area contributed by atoms with Gasteiger partial charge in [0.25, 0.3) is 11.6 Å². The summed E-state index contributed by atoms with van der Waals surface area (Å²) in [5.74, 6) is -1.19. The molecule has 0 saturated heterocycles. The summed E-state index contributed by atoms with van der Waals surface area (Å²) in [5.41, 5.74) is 0.298. The summed E-state index contributed by atoms with van der Waals surface area (Å²) in [6, 6.07) is 8.95. The fraction of sp³-hybridized carbons (Fsp3) is 0.125. The van der Waals surface area contributed by atoms with Crippen molar-refractivity contribution in [3.8, 4) is 5.75 Å². The zero-order chi connectivity index (χ0) is 18.0. The number of rotatable bonds is 4. The Bertz CT molecular complexity index is 853. The van der Waals surface area contributed by atoms with E-state index in [4.69, 9.17) is 4.74 Å². The zero-order valence-corrected chi connectivity index (χ0v) is 12.8. The first-order chi connectivity index (χ1) is 11.9. The van der Waals surface area contributed by atoms with E-state index in [2.05, 4.69) is 5.32 Å². The lowest BCUT2D eigenvalue weighted by Gasteiger charge is -2.28. The molecule has 9 heteroatoms. The molecule has 128 valence electrons. The molecule has 0 aromatic heterocycles. The van der Waals surface area contributed by atoms with Crippen LogP contribution < -0.4 is 15.0 Å². The monoisotopic (exact) mass is 345 g/mol. The van der Waals surface area contributed by atoms with Crippen LogP contribution in [-0.2, 0) is 9.59 Å². The summed E-state index contributed by atoms with van der Waals surface area (Å²) in [5, 5.41) is 13.4. The fourth-order valence-electron chi connectivity index (χ4n) is 2.35. The Morgan fingerprint density at radius 2 is 2.00 bits per heavy atom. The predicted octanol–water partition coefficient (Wildman–Crippen LogP) is 2.10. The molecule has 0 saturated carbocycles. The minimum Gasteiger partial charge on any atom is -0.482 e. The molecule has 2 amide bonds. The maximum atomic E-state index is 12.9. The molecule has 1 heterocycles. The van der Waals surface area contributed by atoms with Gasteiger partial charge in [-0.3, -0.25) is 24.6 Å². The van der Waals surface area contributed by atoms with Crippen LogP contribution in [0.15, 0.2) is 42.5 Å². The van der Waals surface area contributed by atoms with Crippen LogP contribution >= 0.6 is 0 Å². The quantitative estimate of drug-likeness (QED) is 0.675. The number of nitrogens with one attached hydrogen (secondary N) is 1. The number of nitrogens with zero attached hydrogens (tertiary/aromatic N) is 2. The molecule has 1 aliphatic heterocycles. The second-order valence-corrected chi connectivity index (χ2v) is 5.23. The fourth-order valence-corrected chi connectivity index (χ4v) is 2.35. The third-order valence-corrected chi connectivity index (χ3v) is 3.53. The predicted molar refractivity (Wildman–Crippen MR) is 86.0 cm³/mol. The van der Waals surface area contributed by atoms with Gasteiger partial charge in [0.2, 0.25) is 5.91 Å². The Hall–Kier alpha value is -3.49. The first kappa shape index (κ1) is 16.4. The van der Waals surface area contributed by atoms with Gasteiger partial charge in [-0.2, -0.15) is 0 Å². The standard InChI is InChI=1S/C16H12FN3O5/c17-10-1-3-11(4-2-10)18-15(21)8-19-13-7-12(20(23)24)5-6-14(13)25-9-16(19)22/h1-7H,8-9H2,(H,18,21). The molecule has 0 unspecified atom stereocenters. The third-order valence-electron chi connectivity index (χ3n) is 3.53. The molecule has 2 aromatic carbocycles. The molecule has 0 spiro atoms. The van der Waals surface area contributed by atoms with Crippen molar-refractivity contribution in [2.45, 2.75) is 0 Å². The van der Waals surface area contributed by atoms with Crippen molar-refractivity contribution in [1.29, 1.82) is 0 Å². The van der Waals surface area contributed by atoms with Crippen molar-refractivity contribution in [3.05, 3.63) is 58.4 Å². The van der Waals surface area contributed by atoms with Crippen LogP contribution in [0.4, 0.5) is 21.5 Å². The molecule has 0 fully saturated rings. The average Bonchev–Trinajstić information content (AvgIpc) is 2.59. The van der Waals surface area contributed by atoms with E-state index in [1.165, 1.54) is 42.5 Å². The van der Waals surface area contributed by atoms with Crippen LogP contribution in [0.2, 0.25) is 0 Å². The van der Waals surface area contributed by atoms with E-state index in [-0.39, 0.29) is 30.3 Å². The Balaban J connectivity index is 1.81. The number of nitro groups is 1. The van der Waals surface area contributed by atoms with Gasteiger partial charge in [-0.1, -0.05) is 0 Å². The van der Waals surface area contributed by atoms with Gasteiger partial charge >= 0.3 is 0 Å². The maximum Gasteiger partial charge on any atom is 0.271 e. The Morgan fingerprint density at radius 3 is 2.68 bits per heavy atom. The summed E-state index contributed by atoms with van der Waals surface area (Å²) in [7, 11) is 0. The Labute approximate surface area is 141 Å². The highest BCUT2D eigenvalue weighted by Crippen LogP contribution is 2.35. The summed E-state index contributed by atoms with van der Waals surface area (Å²) >= 11 is 0. The van der Waals surface area contributed by atoms with Crippen LogP contribution in [0, 0.1) is 15.9 Å². The molecule has 3 rings (SSSR count). The summed E-state index contributed by atoms with van der Waals surface area (Å²) in [6.45, 7) is -0.623. The van der Waals surface area contributed by atoms with Gasteiger partial charge in [0.15, 0.2) is 6.61 Å². The molecule has 25 heavy (non-hydrogen) atoms. The normalized spacial score (nSPS) is 13.0. The number of amides is 2. The maximum absolute atomic E-state index is 12.9. The van der Waals surface area contributed by atoms with Crippen LogP contribution in [0.3, 0.4) is 0 Å². The first-order valence-electron chi connectivity index (χ1n) is 7.21. The van der Waals surface area contributed by atoms with E-state index in [1.807, 2.05) is 0 Å². The molecule has 0 aliphatic carbocycles. The topological polar surface area (TPSA) is 102 Å². The third kappa shape index (κ3) is 3.55. The van der Waals surface area contributed by atoms with Crippen molar-refractivity contribution in [2.24, 2.45) is 0 Å². The van der Waals surface area contributed by atoms with Crippen molar-refractivity contribution in [3.63, 3.8) is 0 Å². The van der Waals surface area contributed by atoms with E-state index in [0.29, 0.717) is 5.69 Å². The molecular formula is C16H12FN3O5. The van der Waals surface area contributed by atoms with Crippen LogP contribution in [-0.4, -0.2) is 29.9 Å². The minimum atomic E-state index is -0.601. The van der Waals surface area contributed by atoms with Gasteiger partial charge in [0, 0.05) is 17.8 Å². The van der Waals surface area contributed by atoms with Crippen molar-refractivity contribution in [2.75, 3.05) is 23.4 Å². The first-order valence-corrected chi connectivity index (χ1v) is 7.21. The highest BCUT2D eigenvalue weighted by molar-refractivity contribution is 6.05. The molecule has 0 radical (unpaired) electrons. The number of fused-ring (bicyclic) bond motifs is 1. The second-order valence-electron chi connectivity index (χ2n) is 5.23. The molecule has 0 atom stereocenters.